The summed E-state index contributed by atoms with van der Waals surface area (Å²) in [5.74, 6) is 0.817. The number of hydrogen-bond acceptors (Lipinski definition) is 3. The van der Waals surface area contributed by atoms with Crippen LogP contribution >= 0.6 is 0 Å². The Morgan fingerprint density at radius 1 is 1.45 bits per heavy atom. The summed E-state index contributed by atoms with van der Waals surface area (Å²) in [7, 11) is 1.87. The van der Waals surface area contributed by atoms with E-state index in [-0.39, 0.29) is 0 Å². The summed E-state index contributed by atoms with van der Waals surface area (Å²) in [5.41, 5.74) is 2.14. The van der Waals surface area contributed by atoms with E-state index >= 15 is 0 Å². The van der Waals surface area contributed by atoms with Crippen molar-refractivity contribution in [2.24, 2.45) is 0 Å². The molecule has 1 aromatic carbocycles. The Morgan fingerprint density at radius 2 is 2.36 bits per heavy atom. The van der Waals surface area contributed by atoms with Crippen molar-refractivity contribution >= 4 is 5.69 Å². The molecule has 0 radical (unpaired) electrons. The van der Waals surface area contributed by atoms with Crippen LogP contribution in [0.3, 0.4) is 0 Å². The highest BCUT2D eigenvalue weighted by molar-refractivity contribution is 5.51. The SMILES string of the molecule is CNc1ccc2c(c1)OOC2. The van der Waals surface area contributed by atoms with Gasteiger partial charge in [0, 0.05) is 24.4 Å². The lowest BCUT2D eigenvalue weighted by Crippen LogP contribution is -1.88. The lowest BCUT2D eigenvalue weighted by Gasteiger charge is -1.99. The number of rotatable bonds is 1. The maximum atomic E-state index is 4.90. The molecule has 0 saturated carbocycles. The summed E-state index contributed by atoms with van der Waals surface area (Å²) >= 11 is 0. The van der Waals surface area contributed by atoms with Crippen molar-refractivity contribution in [3.05, 3.63) is 23.8 Å². The van der Waals surface area contributed by atoms with Crippen molar-refractivity contribution in [2.45, 2.75) is 6.61 Å². The first-order chi connectivity index (χ1) is 5.40. The molecule has 1 heterocycles. The Labute approximate surface area is 64.9 Å². The third-order valence-electron chi connectivity index (χ3n) is 1.72. The molecule has 1 aromatic rings. The van der Waals surface area contributed by atoms with Gasteiger partial charge in [0.05, 0.1) is 0 Å². The lowest BCUT2D eigenvalue weighted by molar-refractivity contribution is -0.194. The molecule has 1 N–H and O–H groups in total. The molecule has 58 valence electrons. The number of fused-ring (bicyclic) bond motifs is 1. The quantitative estimate of drug-likeness (QED) is 0.618. The van der Waals surface area contributed by atoms with Crippen molar-refractivity contribution in [1.29, 1.82) is 0 Å². The van der Waals surface area contributed by atoms with Gasteiger partial charge in [-0.1, -0.05) is 6.07 Å². The van der Waals surface area contributed by atoms with Gasteiger partial charge >= 0.3 is 0 Å². The zero-order valence-corrected chi connectivity index (χ0v) is 6.26. The zero-order valence-electron chi connectivity index (χ0n) is 6.26. The summed E-state index contributed by atoms with van der Waals surface area (Å²) in [6.07, 6.45) is 0. The second-order valence-corrected chi connectivity index (χ2v) is 2.42. The van der Waals surface area contributed by atoms with E-state index in [0.29, 0.717) is 6.61 Å². The minimum Gasteiger partial charge on any atom is -0.388 e. The van der Waals surface area contributed by atoms with Gasteiger partial charge in [0.2, 0.25) is 0 Å². The summed E-state index contributed by atoms with van der Waals surface area (Å²) in [5, 5.41) is 3.02. The molecule has 1 aliphatic rings. The van der Waals surface area contributed by atoms with E-state index < -0.39 is 0 Å². The van der Waals surface area contributed by atoms with Gasteiger partial charge in [0.15, 0.2) is 5.75 Å². The van der Waals surface area contributed by atoms with Gasteiger partial charge in [-0.2, -0.15) is 4.89 Å². The Bertz CT molecular complexity index is 273. The number of benzene rings is 1. The first kappa shape index (κ1) is 6.49. The van der Waals surface area contributed by atoms with E-state index in [2.05, 4.69) is 5.32 Å². The van der Waals surface area contributed by atoms with Crippen LogP contribution in [0.25, 0.3) is 0 Å². The van der Waals surface area contributed by atoms with E-state index in [1.807, 2.05) is 25.2 Å². The van der Waals surface area contributed by atoms with Crippen molar-refractivity contribution in [1.82, 2.24) is 0 Å². The molecule has 11 heavy (non-hydrogen) atoms. The maximum Gasteiger partial charge on any atom is 0.173 e. The summed E-state index contributed by atoms with van der Waals surface area (Å²) < 4.78 is 0. The van der Waals surface area contributed by atoms with E-state index in [1.165, 1.54) is 0 Å². The molecule has 0 atom stereocenters. The van der Waals surface area contributed by atoms with Gasteiger partial charge in [-0.05, 0) is 6.07 Å². The predicted octanol–water partition coefficient (Wildman–Crippen LogP) is 1.55. The second kappa shape index (κ2) is 2.43. The van der Waals surface area contributed by atoms with Gasteiger partial charge in [0.25, 0.3) is 0 Å². The number of nitrogens with one attached hydrogen (secondary N) is 1. The van der Waals surface area contributed by atoms with Crippen LogP contribution in [0.2, 0.25) is 0 Å². The van der Waals surface area contributed by atoms with Crippen molar-refractivity contribution in [2.75, 3.05) is 12.4 Å². The first-order valence-corrected chi connectivity index (χ1v) is 3.50. The van der Waals surface area contributed by atoms with Crippen LogP contribution in [0.1, 0.15) is 5.56 Å². The fourth-order valence-corrected chi connectivity index (χ4v) is 1.06. The van der Waals surface area contributed by atoms with Crippen LogP contribution in [0, 0.1) is 0 Å². The van der Waals surface area contributed by atoms with E-state index in [9.17, 15) is 0 Å². The molecule has 0 bridgehead atoms. The Hall–Kier alpha value is -1.22. The van der Waals surface area contributed by atoms with E-state index in [1.54, 1.807) is 0 Å². The Balaban J connectivity index is 2.41. The highest BCUT2D eigenvalue weighted by atomic mass is 17.2. The van der Waals surface area contributed by atoms with Crippen LogP contribution in [-0.2, 0) is 11.5 Å². The molecule has 3 heteroatoms. The molecular formula is C8H9NO2. The maximum absolute atomic E-state index is 4.90. The van der Waals surface area contributed by atoms with Crippen LogP contribution in [0.4, 0.5) is 5.69 Å². The van der Waals surface area contributed by atoms with Gasteiger partial charge in [-0.3, -0.25) is 0 Å². The monoisotopic (exact) mass is 151 g/mol. The third kappa shape index (κ3) is 1.03. The fraction of sp³-hybridized carbons (Fsp3) is 0.250. The van der Waals surface area contributed by atoms with Gasteiger partial charge in [-0.25, -0.2) is 0 Å². The largest absolute Gasteiger partial charge is 0.388 e. The van der Waals surface area contributed by atoms with Gasteiger partial charge in [0.1, 0.15) is 6.61 Å². The molecule has 0 aliphatic carbocycles. The molecule has 3 nitrogen and oxygen atoms in total. The zero-order chi connectivity index (χ0) is 7.68. The highest BCUT2D eigenvalue weighted by Gasteiger charge is 2.12. The highest BCUT2D eigenvalue weighted by Crippen LogP contribution is 2.28. The van der Waals surface area contributed by atoms with E-state index in [4.69, 9.17) is 9.78 Å². The number of anilines is 1. The smallest absolute Gasteiger partial charge is 0.173 e. The van der Waals surface area contributed by atoms with Crippen LogP contribution < -0.4 is 10.2 Å². The van der Waals surface area contributed by atoms with Crippen LogP contribution in [-0.4, -0.2) is 7.05 Å². The molecule has 0 amide bonds. The molecule has 0 spiro atoms. The molecular weight excluding hydrogens is 142 g/mol. The topological polar surface area (TPSA) is 30.5 Å². The lowest BCUT2D eigenvalue weighted by atomic mass is 10.2. The molecule has 0 fully saturated rings. The molecule has 1 aliphatic heterocycles. The minimum absolute atomic E-state index is 0.555. The third-order valence-corrected chi connectivity index (χ3v) is 1.72. The Morgan fingerprint density at radius 3 is 3.18 bits per heavy atom. The van der Waals surface area contributed by atoms with Crippen LogP contribution in [0.15, 0.2) is 18.2 Å². The molecule has 2 rings (SSSR count). The normalized spacial score (nSPS) is 13.9. The summed E-state index contributed by atoms with van der Waals surface area (Å²) in [6, 6.07) is 5.91. The van der Waals surface area contributed by atoms with Crippen molar-refractivity contribution in [3.8, 4) is 5.75 Å². The van der Waals surface area contributed by atoms with Gasteiger partial charge < -0.3 is 10.2 Å². The fourth-order valence-electron chi connectivity index (χ4n) is 1.06. The summed E-state index contributed by atoms with van der Waals surface area (Å²) in [4.78, 5) is 9.69. The minimum atomic E-state index is 0.555. The molecule has 0 aromatic heterocycles. The average Bonchev–Trinajstić information content (AvgIpc) is 2.50. The Kier molecular flexibility index (Phi) is 1.43. The second-order valence-electron chi connectivity index (χ2n) is 2.42. The predicted molar refractivity (Wildman–Crippen MR) is 41.4 cm³/mol. The molecule has 0 unspecified atom stereocenters. The van der Waals surface area contributed by atoms with Crippen molar-refractivity contribution < 1.29 is 9.78 Å². The first-order valence-electron chi connectivity index (χ1n) is 3.50. The van der Waals surface area contributed by atoms with Gasteiger partial charge in [-0.15, -0.1) is 0 Å². The van der Waals surface area contributed by atoms with E-state index in [0.717, 1.165) is 17.0 Å². The molecule has 0 saturated heterocycles. The van der Waals surface area contributed by atoms with Crippen molar-refractivity contribution in [3.63, 3.8) is 0 Å². The van der Waals surface area contributed by atoms with Crippen LogP contribution in [0.5, 0.6) is 5.75 Å². The summed E-state index contributed by atoms with van der Waals surface area (Å²) in [6.45, 7) is 0.555. The standard InChI is InChI=1S/C8H9NO2/c1-9-7-3-2-6-5-10-11-8(6)4-7/h2-4,9H,5H2,1H3. The number of hydrogen-bond donors (Lipinski definition) is 1. The average molecular weight is 151 g/mol.